The molecule has 2 nitrogen and oxygen atoms in total. The predicted octanol–water partition coefficient (Wildman–Crippen LogP) is 20.5. The van der Waals surface area contributed by atoms with Crippen molar-refractivity contribution in [2.45, 2.75) is 153 Å². The summed E-state index contributed by atoms with van der Waals surface area (Å²) < 4.78 is 5.17. The van der Waals surface area contributed by atoms with Gasteiger partial charge in [0.05, 0.1) is 0 Å². The first-order valence-corrected chi connectivity index (χ1v) is 29.2. The molecule has 8 aromatic carbocycles. The van der Waals surface area contributed by atoms with Crippen molar-refractivity contribution < 1.29 is 0 Å². The Balaban J connectivity index is 0.808. The van der Waals surface area contributed by atoms with E-state index in [1.165, 1.54) is 215 Å². The van der Waals surface area contributed by atoms with Crippen LogP contribution in [0.4, 0.5) is 0 Å². The molecule has 2 heterocycles. The second-order valence-corrected chi connectivity index (χ2v) is 23.2. The Bertz CT molecular complexity index is 3530. The summed E-state index contributed by atoms with van der Waals surface area (Å²) in [5, 5.41) is 5.52. The van der Waals surface area contributed by atoms with Crippen LogP contribution in [-0.4, -0.2) is 9.13 Å². The van der Waals surface area contributed by atoms with Crippen LogP contribution in [0.25, 0.3) is 99.2 Å². The van der Waals surface area contributed by atoms with Crippen molar-refractivity contribution >= 4 is 43.6 Å². The maximum absolute atomic E-state index is 2.65. The standard InChI is InChI=1S/C72H72N2/c1-3-5-7-19-41-73-67-23-13-11-21-59(67)61-43-49(29-35-69(61)73)51-25-31-55-57-33-27-53(47-65(57)71(63(55)45-51)37-15-9-16-38-71)54-28-34-58-56-32-26-52(46-64(56)72(66(58)48-54)39-17-10-18-40-72)50-30-36-70-62(44-50)60-22-12-14-24-68(60)74(70)42-20-8-6-4-2/h11-14,21-36,43-48H,3-10,15-20,37-42H2,1-2H3. The van der Waals surface area contributed by atoms with E-state index in [4.69, 9.17) is 0 Å². The van der Waals surface area contributed by atoms with Gasteiger partial charge in [-0.25, -0.2) is 0 Å². The molecule has 2 saturated carbocycles. The van der Waals surface area contributed by atoms with Crippen molar-refractivity contribution in [3.05, 3.63) is 180 Å². The molecule has 2 heteroatoms. The highest BCUT2D eigenvalue weighted by molar-refractivity contribution is 6.10. The Morgan fingerprint density at radius 1 is 0.311 bits per heavy atom. The summed E-state index contributed by atoms with van der Waals surface area (Å²) in [5.74, 6) is 0. The normalized spacial score (nSPS) is 16.2. The summed E-state index contributed by atoms with van der Waals surface area (Å²) in [6.07, 6.45) is 22.9. The Morgan fingerprint density at radius 3 is 1.00 bits per heavy atom. The van der Waals surface area contributed by atoms with Crippen molar-refractivity contribution in [2.75, 3.05) is 0 Å². The highest BCUT2D eigenvalue weighted by Crippen LogP contribution is 2.59. The Kier molecular flexibility index (Phi) is 11.6. The molecule has 370 valence electrons. The van der Waals surface area contributed by atoms with Crippen LogP contribution in [0.15, 0.2) is 158 Å². The van der Waals surface area contributed by atoms with Gasteiger partial charge in [0.1, 0.15) is 0 Å². The third-order valence-electron chi connectivity index (χ3n) is 19.2. The number of hydrogen-bond donors (Lipinski definition) is 0. The van der Waals surface area contributed by atoms with Gasteiger partial charge in [-0.15, -0.1) is 0 Å². The van der Waals surface area contributed by atoms with E-state index in [1.54, 1.807) is 22.3 Å². The summed E-state index contributed by atoms with van der Waals surface area (Å²) in [4.78, 5) is 0. The number of aromatic nitrogens is 2. The minimum Gasteiger partial charge on any atom is -0.340 e. The average Bonchev–Trinajstić information content (AvgIpc) is 4.13. The van der Waals surface area contributed by atoms with E-state index in [0.29, 0.717) is 0 Å². The van der Waals surface area contributed by atoms with E-state index in [0.717, 1.165) is 13.1 Å². The molecule has 0 N–H and O–H groups in total. The van der Waals surface area contributed by atoms with Gasteiger partial charge >= 0.3 is 0 Å². The van der Waals surface area contributed by atoms with Crippen molar-refractivity contribution in [2.24, 2.45) is 0 Å². The molecule has 0 radical (unpaired) electrons. The number of fused-ring (bicyclic) bond motifs is 16. The number of nitrogens with zero attached hydrogens (tertiary/aromatic N) is 2. The zero-order chi connectivity index (χ0) is 49.4. The number of para-hydroxylation sites is 2. The number of hydrogen-bond acceptors (Lipinski definition) is 0. The fourth-order valence-corrected chi connectivity index (χ4v) is 15.4. The molecule has 2 fully saturated rings. The third-order valence-corrected chi connectivity index (χ3v) is 19.2. The Labute approximate surface area is 439 Å². The highest BCUT2D eigenvalue weighted by Gasteiger charge is 2.46. The lowest BCUT2D eigenvalue weighted by molar-refractivity contribution is 0.352. The van der Waals surface area contributed by atoms with Gasteiger partial charge in [0.25, 0.3) is 0 Å². The molecular formula is C72H72N2. The van der Waals surface area contributed by atoms with E-state index < -0.39 is 0 Å². The minimum atomic E-state index is 0.0497. The Morgan fingerprint density at radius 2 is 0.635 bits per heavy atom. The number of rotatable bonds is 13. The van der Waals surface area contributed by atoms with E-state index in [9.17, 15) is 0 Å². The summed E-state index contributed by atoms with van der Waals surface area (Å²) >= 11 is 0. The average molecular weight is 965 g/mol. The molecule has 2 aromatic heterocycles. The summed E-state index contributed by atoms with van der Waals surface area (Å²) in [7, 11) is 0. The molecule has 4 aliphatic rings. The van der Waals surface area contributed by atoms with E-state index >= 15 is 0 Å². The van der Waals surface area contributed by atoms with E-state index in [2.05, 4.69) is 181 Å². The fraction of sp³-hybridized carbons (Fsp3) is 0.333. The maximum atomic E-state index is 2.65. The predicted molar refractivity (Wildman–Crippen MR) is 316 cm³/mol. The van der Waals surface area contributed by atoms with Crippen molar-refractivity contribution in [3.8, 4) is 55.6 Å². The first kappa shape index (κ1) is 45.9. The second-order valence-electron chi connectivity index (χ2n) is 23.2. The molecule has 0 bridgehead atoms. The first-order valence-electron chi connectivity index (χ1n) is 29.2. The van der Waals surface area contributed by atoms with Gasteiger partial charge in [-0.05, 0) is 177 Å². The van der Waals surface area contributed by atoms with Crippen LogP contribution in [0.2, 0.25) is 0 Å². The summed E-state index contributed by atoms with van der Waals surface area (Å²) in [6.45, 7) is 6.77. The van der Waals surface area contributed by atoms with Crippen LogP contribution in [-0.2, 0) is 23.9 Å². The largest absolute Gasteiger partial charge is 0.340 e. The van der Waals surface area contributed by atoms with Crippen LogP contribution < -0.4 is 0 Å². The number of benzene rings is 8. The molecular weight excluding hydrogens is 893 g/mol. The fourth-order valence-electron chi connectivity index (χ4n) is 15.4. The molecule has 74 heavy (non-hydrogen) atoms. The molecule has 0 unspecified atom stereocenters. The van der Waals surface area contributed by atoms with Gasteiger partial charge in [0.15, 0.2) is 0 Å². The highest BCUT2D eigenvalue weighted by atomic mass is 15.0. The van der Waals surface area contributed by atoms with Crippen LogP contribution in [0.3, 0.4) is 0 Å². The third kappa shape index (κ3) is 7.24. The molecule has 4 aliphatic carbocycles. The Hall–Kier alpha value is -6.64. The van der Waals surface area contributed by atoms with Gasteiger partial charge in [0, 0.05) is 67.5 Å². The summed E-state index contributed by atoms with van der Waals surface area (Å²) in [5.41, 5.74) is 25.8. The molecule has 2 spiro atoms. The molecule has 10 aromatic rings. The second kappa shape index (κ2) is 18.6. The van der Waals surface area contributed by atoms with Gasteiger partial charge < -0.3 is 9.13 Å². The summed E-state index contributed by atoms with van der Waals surface area (Å²) in [6, 6.07) is 63.0. The zero-order valence-corrected chi connectivity index (χ0v) is 44.0. The SMILES string of the molecule is CCCCCCn1c2ccccc2c2cc(-c3ccc4c(c3)C3(CCCCC3)c3cc(-c5ccc6c(c5)C5(CCCCC5)c5cc(-c7ccc8c(c7)c7ccccc7n8CCCCCC)ccc5-6)ccc3-4)ccc21. The smallest absolute Gasteiger partial charge is 0.0491 e. The van der Waals surface area contributed by atoms with Gasteiger partial charge in [-0.3, -0.25) is 0 Å². The monoisotopic (exact) mass is 965 g/mol. The molecule has 0 amide bonds. The zero-order valence-electron chi connectivity index (χ0n) is 44.0. The van der Waals surface area contributed by atoms with Crippen molar-refractivity contribution in [3.63, 3.8) is 0 Å². The van der Waals surface area contributed by atoms with Crippen molar-refractivity contribution in [1.82, 2.24) is 9.13 Å². The van der Waals surface area contributed by atoms with Crippen LogP contribution in [0.1, 0.15) is 152 Å². The van der Waals surface area contributed by atoms with Gasteiger partial charge in [0.2, 0.25) is 0 Å². The van der Waals surface area contributed by atoms with Crippen molar-refractivity contribution in [1.29, 1.82) is 0 Å². The van der Waals surface area contributed by atoms with Crippen LogP contribution in [0.5, 0.6) is 0 Å². The molecule has 0 atom stereocenters. The number of unbranched alkanes of at least 4 members (excludes halogenated alkanes) is 6. The van der Waals surface area contributed by atoms with Crippen LogP contribution in [0, 0.1) is 0 Å². The first-order chi connectivity index (χ1) is 36.6. The van der Waals surface area contributed by atoms with Gasteiger partial charge in [-0.2, -0.15) is 0 Å². The van der Waals surface area contributed by atoms with E-state index in [-0.39, 0.29) is 10.8 Å². The lowest BCUT2D eigenvalue weighted by atomic mass is 9.67. The topological polar surface area (TPSA) is 9.86 Å². The molecule has 14 rings (SSSR count). The molecule has 0 aliphatic heterocycles. The number of aryl methyl sites for hydroxylation is 2. The maximum Gasteiger partial charge on any atom is 0.0491 e. The lowest BCUT2D eigenvalue weighted by Crippen LogP contribution is -2.28. The minimum absolute atomic E-state index is 0.0497. The quantitative estimate of drug-likeness (QED) is 0.102. The van der Waals surface area contributed by atoms with Gasteiger partial charge in [-0.1, -0.05) is 188 Å². The molecule has 0 saturated heterocycles. The van der Waals surface area contributed by atoms with Crippen LogP contribution >= 0.6 is 0 Å². The van der Waals surface area contributed by atoms with E-state index in [1.807, 2.05) is 0 Å². The lowest BCUT2D eigenvalue weighted by Gasteiger charge is -2.37.